The molecule has 7 nitrogen and oxygen atoms in total. The molecule has 1 amide bonds. The summed E-state index contributed by atoms with van der Waals surface area (Å²) in [5.41, 5.74) is 0.856. The van der Waals surface area contributed by atoms with Crippen molar-refractivity contribution in [2.24, 2.45) is 0 Å². The number of likely N-dealkylation sites (tertiary alicyclic amines) is 1. The largest absolute Gasteiger partial charge is 0.444 e. The maximum Gasteiger partial charge on any atom is 0.410 e. The molecular formula is C24H42N4O3. The van der Waals surface area contributed by atoms with Gasteiger partial charge in [-0.2, -0.15) is 0 Å². The van der Waals surface area contributed by atoms with Gasteiger partial charge in [-0.15, -0.1) is 0 Å². The van der Waals surface area contributed by atoms with Crippen molar-refractivity contribution in [2.45, 2.75) is 96.7 Å². The van der Waals surface area contributed by atoms with Crippen molar-refractivity contribution in [1.82, 2.24) is 19.8 Å². The van der Waals surface area contributed by atoms with Crippen LogP contribution < -0.4 is 5.32 Å². The minimum absolute atomic E-state index is 0.100. The molecule has 2 fully saturated rings. The lowest BCUT2D eigenvalue weighted by atomic mass is 9.95. The molecule has 0 saturated carbocycles. The molecule has 2 saturated heterocycles. The summed E-state index contributed by atoms with van der Waals surface area (Å²) in [4.78, 5) is 19.4. The SMILES string of the molecule is CC(C)(C)NCCn1cc(C2CCOCC2)nc1C1CCN(C(=O)OC(C)(C)C)CC1. The number of amides is 1. The van der Waals surface area contributed by atoms with Crippen molar-refractivity contribution in [3.8, 4) is 0 Å². The number of ether oxygens (including phenoxy) is 2. The smallest absolute Gasteiger partial charge is 0.410 e. The molecule has 2 aliphatic rings. The molecule has 0 aromatic carbocycles. The van der Waals surface area contributed by atoms with Crippen LogP contribution in [0.2, 0.25) is 0 Å². The Labute approximate surface area is 187 Å². The van der Waals surface area contributed by atoms with Gasteiger partial charge in [0, 0.05) is 63.0 Å². The summed E-state index contributed by atoms with van der Waals surface area (Å²) in [6.45, 7) is 17.3. The summed E-state index contributed by atoms with van der Waals surface area (Å²) in [7, 11) is 0. The second kappa shape index (κ2) is 9.90. The second-order valence-electron chi connectivity index (χ2n) is 11.0. The minimum Gasteiger partial charge on any atom is -0.444 e. The van der Waals surface area contributed by atoms with Gasteiger partial charge in [0.2, 0.25) is 0 Å². The fourth-order valence-corrected chi connectivity index (χ4v) is 4.34. The number of nitrogens with one attached hydrogen (secondary N) is 1. The van der Waals surface area contributed by atoms with Crippen LogP contribution in [0.5, 0.6) is 0 Å². The van der Waals surface area contributed by atoms with Crippen molar-refractivity contribution >= 4 is 6.09 Å². The lowest BCUT2D eigenvalue weighted by molar-refractivity contribution is 0.0202. The summed E-state index contributed by atoms with van der Waals surface area (Å²) < 4.78 is 13.5. The topological polar surface area (TPSA) is 68.6 Å². The van der Waals surface area contributed by atoms with Gasteiger partial charge in [-0.3, -0.25) is 0 Å². The van der Waals surface area contributed by atoms with E-state index in [-0.39, 0.29) is 11.6 Å². The van der Waals surface area contributed by atoms with Gasteiger partial charge in [0.15, 0.2) is 0 Å². The molecule has 176 valence electrons. The zero-order valence-electron chi connectivity index (χ0n) is 20.4. The highest BCUT2D eigenvalue weighted by molar-refractivity contribution is 5.68. The van der Waals surface area contributed by atoms with Gasteiger partial charge in [-0.05, 0) is 67.2 Å². The van der Waals surface area contributed by atoms with Crippen LogP contribution in [0.4, 0.5) is 4.79 Å². The number of imidazole rings is 1. The van der Waals surface area contributed by atoms with Gasteiger partial charge in [-0.1, -0.05) is 0 Å². The second-order valence-corrected chi connectivity index (χ2v) is 11.0. The van der Waals surface area contributed by atoms with Gasteiger partial charge >= 0.3 is 6.09 Å². The Kier molecular flexibility index (Phi) is 7.68. The van der Waals surface area contributed by atoms with E-state index in [0.29, 0.717) is 11.8 Å². The molecule has 0 unspecified atom stereocenters. The molecule has 31 heavy (non-hydrogen) atoms. The van der Waals surface area contributed by atoms with E-state index >= 15 is 0 Å². The molecule has 0 atom stereocenters. The Morgan fingerprint density at radius 2 is 1.74 bits per heavy atom. The van der Waals surface area contributed by atoms with Gasteiger partial charge < -0.3 is 24.3 Å². The maximum atomic E-state index is 12.4. The number of piperidine rings is 1. The van der Waals surface area contributed by atoms with Crippen molar-refractivity contribution in [3.63, 3.8) is 0 Å². The van der Waals surface area contributed by atoms with Gasteiger partial charge in [-0.25, -0.2) is 9.78 Å². The molecule has 7 heteroatoms. The monoisotopic (exact) mass is 434 g/mol. The number of rotatable bonds is 5. The van der Waals surface area contributed by atoms with E-state index in [0.717, 1.165) is 65.1 Å². The van der Waals surface area contributed by atoms with Crippen LogP contribution in [0, 0.1) is 0 Å². The molecule has 2 aliphatic heterocycles. The Bertz CT molecular complexity index is 718. The van der Waals surface area contributed by atoms with Crippen LogP contribution in [0.3, 0.4) is 0 Å². The first kappa shape index (κ1) is 24.1. The zero-order chi connectivity index (χ0) is 22.6. The summed E-state index contributed by atoms with van der Waals surface area (Å²) in [6, 6.07) is 0. The van der Waals surface area contributed by atoms with Gasteiger partial charge in [0.05, 0.1) is 5.69 Å². The molecule has 0 spiro atoms. The van der Waals surface area contributed by atoms with Crippen molar-refractivity contribution in [3.05, 3.63) is 17.7 Å². The number of carbonyl (C=O) groups excluding carboxylic acids is 1. The van der Waals surface area contributed by atoms with E-state index in [9.17, 15) is 4.79 Å². The van der Waals surface area contributed by atoms with Crippen LogP contribution in [0.1, 0.15) is 90.6 Å². The lowest BCUT2D eigenvalue weighted by Gasteiger charge is -2.33. The van der Waals surface area contributed by atoms with E-state index in [1.54, 1.807) is 0 Å². The van der Waals surface area contributed by atoms with E-state index in [4.69, 9.17) is 14.5 Å². The first-order valence-corrected chi connectivity index (χ1v) is 11.9. The molecule has 0 radical (unpaired) electrons. The van der Waals surface area contributed by atoms with Crippen LogP contribution in [0.15, 0.2) is 6.20 Å². The van der Waals surface area contributed by atoms with Gasteiger partial charge in [0.25, 0.3) is 0 Å². The molecule has 3 heterocycles. The molecular weight excluding hydrogens is 392 g/mol. The standard InChI is InChI=1S/C24H42N4O3/c1-23(2,3)25-11-14-28-17-20(18-9-15-30-16-10-18)26-21(28)19-7-12-27(13-8-19)22(29)31-24(4,5)6/h17-19,25H,7-16H2,1-6H3. The first-order chi connectivity index (χ1) is 14.5. The third-order valence-electron chi connectivity index (χ3n) is 5.99. The predicted molar refractivity (Wildman–Crippen MR) is 123 cm³/mol. The van der Waals surface area contributed by atoms with Crippen LogP contribution in [-0.2, 0) is 16.0 Å². The average Bonchev–Trinajstić information content (AvgIpc) is 3.11. The van der Waals surface area contributed by atoms with Crippen molar-refractivity contribution in [2.75, 3.05) is 32.8 Å². The van der Waals surface area contributed by atoms with Crippen LogP contribution in [-0.4, -0.2) is 64.5 Å². The van der Waals surface area contributed by atoms with E-state index in [2.05, 4.69) is 36.9 Å². The third-order valence-corrected chi connectivity index (χ3v) is 5.99. The van der Waals surface area contributed by atoms with Crippen LogP contribution >= 0.6 is 0 Å². The molecule has 1 aromatic rings. The highest BCUT2D eigenvalue weighted by atomic mass is 16.6. The van der Waals surface area contributed by atoms with Crippen molar-refractivity contribution in [1.29, 1.82) is 0 Å². The summed E-state index contributed by atoms with van der Waals surface area (Å²) in [6.07, 6.45) is 6.02. The highest BCUT2D eigenvalue weighted by Crippen LogP contribution is 2.32. The number of carbonyl (C=O) groups is 1. The van der Waals surface area contributed by atoms with E-state index in [1.165, 1.54) is 11.5 Å². The maximum absolute atomic E-state index is 12.4. The Hall–Kier alpha value is -1.60. The molecule has 3 rings (SSSR count). The van der Waals surface area contributed by atoms with E-state index < -0.39 is 5.60 Å². The third kappa shape index (κ3) is 7.21. The number of hydrogen-bond acceptors (Lipinski definition) is 5. The molecule has 0 bridgehead atoms. The number of aromatic nitrogens is 2. The summed E-state index contributed by atoms with van der Waals surface area (Å²) in [5, 5.41) is 3.59. The average molecular weight is 435 g/mol. The van der Waals surface area contributed by atoms with E-state index in [1.807, 2.05) is 25.7 Å². The van der Waals surface area contributed by atoms with Crippen LogP contribution in [0.25, 0.3) is 0 Å². The highest BCUT2D eigenvalue weighted by Gasteiger charge is 2.30. The molecule has 0 aliphatic carbocycles. The zero-order valence-corrected chi connectivity index (χ0v) is 20.4. The lowest BCUT2D eigenvalue weighted by Crippen LogP contribution is -2.41. The minimum atomic E-state index is -0.456. The predicted octanol–water partition coefficient (Wildman–Crippen LogP) is 4.28. The van der Waals surface area contributed by atoms with Gasteiger partial charge in [0.1, 0.15) is 11.4 Å². The molecule has 1 aromatic heterocycles. The van der Waals surface area contributed by atoms with Crippen molar-refractivity contribution < 1.29 is 14.3 Å². The number of hydrogen-bond donors (Lipinski definition) is 1. The first-order valence-electron chi connectivity index (χ1n) is 11.9. The summed E-state index contributed by atoms with van der Waals surface area (Å²) >= 11 is 0. The Morgan fingerprint density at radius 3 is 2.32 bits per heavy atom. The molecule has 1 N–H and O–H groups in total. The Morgan fingerprint density at radius 1 is 1.10 bits per heavy atom. The summed E-state index contributed by atoms with van der Waals surface area (Å²) in [5.74, 6) is 2.05. The fraction of sp³-hybridized carbons (Fsp3) is 0.833. The quantitative estimate of drug-likeness (QED) is 0.749. The Balaban J connectivity index is 1.68. The fourth-order valence-electron chi connectivity index (χ4n) is 4.34. The normalized spacial score (nSPS) is 19.6. The number of nitrogens with zero attached hydrogens (tertiary/aromatic N) is 3.